The summed E-state index contributed by atoms with van der Waals surface area (Å²) in [5.74, 6) is 0.897. The summed E-state index contributed by atoms with van der Waals surface area (Å²) >= 11 is 0. The van der Waals surface area contributed by atoms with Crippen LogP contribution in [0.5, 0.6) is 0 Å². The molecule has 0 aliphatic heterocycles. The maximum Gasteiger partial charge on any atom is 0.0138 e. The second-order valence-electron chi connectivity index (χ2n) is 4.79. The summed E-state index contributed by atoms with van der Waals surface area (Å²) in [6.07, 6.45) is 4.10. The lowest BCUT2D eigenvalue weighted by Gasteiger charge is -2.46. The zero-order valence-electron chi connectivity index (χ0n) is 10.2. The molecular formula is C12H26N2. The summed E-state index contributed by atoms with van der Waals surface area (Å²) in [6.45, 7) is 9.39. The second kappa shape index (κ2) is 5.72. The molecule has 2 heteroatoms. The maximum absolute atomic E-state index is 3.31. The fourth-order valence-electron chi connectivity index (χ4n) is 2.55. The minimum atomic E-state index is 0.708. The highest BCUT2D eigenvalue weighted by atomic mass is 15.2. The minimum Gasteiger partial charge on any atom is -0.319 e. The van der Waals surface area contributed by atoms with Crippen molar-refractivity contribution in [2.24, 2.45) is 5.92 Å². The Labute approximate surface area is 89.1 Å². The molecule has 0 heterocycles. The van der Waals surface area contributed by atoms with E-state index in [1.807, 2.05) is 0 Å². The summed E-state index contributed by atoms with van der Waals surface area (Å²) in [6, 6.07) is 1.56. The average molecular weight is 198 g/mol. The van der Waals surface area contributed by atoms with Crippen LogP contribution in [0.25, 0.3) is 0 Å². The summed E-state index contributed by atoms with van der Waals surface area (Å²) in [5, 5.41) is 3.31. The molecule has 0 radical (unpaired) electrons. The van der Waals surface area contributed by atoms with Crippen LogP contribution >= 0.6 is 0 Å². The number of nitrogens with one attached hydrogen (secondary N) is 1. The first kappa shape index (κ1) is 12.0. The van der Waals surface area contributed by atoms with E-state index in [-0.39, 0.29) is 0 Å². The number of hydrogen-bond acceptors (Lipinski definition) is 2. The maximum atomic E-state index is 3.31. The Kier molecular flexibility index (Phi) is 4.90. The number of rotatable bonds is 6. The van der Waals surface area contributed by atoms with E-state index in [2.05, 4.69) is 38.0 Å². The Bertz CT molecular complexity index is 156. The van der Waals surface area contributed by atoms with Crippen molar-refractivity contribution >= 4 is 0 Å². The lowest BCUT2D eigenvalue weighted by molar-refractivity contribution is 0.0388. The van der Waals surface area contributed by atoms with Crippen LogP contribution in [0, 0.1) is 5.92 Å². The van der Waals surface area contributed by atoms with Crippen molar-refractivity contribution in [2.45, 2.75) is 52.1 Å². The predicted molar refractivity (Wildman–Crippen MR) is 62.6 cm³/mol. The van der Waals surface area contributed by atoms with Gasteiger partial charge in [0.15, 0.2) is 0 Å². The van der Waals surface area contributed by atoms with Gasteiger partial charge in [0.05, 0.1) is 0 Å². The van der Waals surface area contributed by atoms with Crippen LogP contribution in [0.4, 0.5) is 0 Å². The zero-order valence-corrected chi connectivity index (χ0v) is 10.2. The topological polar surface area (TPSA) is 15.3 Å². The minimum absolute atomic E-state index is 0.708. The molecular weight excluding hydrogens is 172 g/mol. The van der Waals surface area contributed by atoms with E-state index < -0.39 is 0 Å². The van der Waals surface area contributed by atoms with Gasteiger partial charge in [-0.25, -0.2) is 0 Å². The summed E-state index contributed by atoms with van der Waals surface area (Å²) in [7, 11) is 2.06. The Morgan fingerprint density at radius 3 is 2.43 bits per heavy atom. The zero-order chi connectivity index (χ0) is 10.6. The van der Waals surface area contributed by atoms with E-state index in [0.717, 1.165) is 12.0 Å². The van der Waals surface area contributed by atoms with Gasteiger partial charge in [0.25, 0.3) is 0 Å². The third kappa shape index (κ3) is 2.71. The van der Waals surface area contributed by atoms with Gasteiger partial charge in [-0.2, -0.15) is 0 Å². The molecule has 0 aromatic heterocycles. The van der Waals surface area contributed by atoms with Gasteiger partial charge in [-0.1, -0.05) is 6.92 Å². The molecule has 84 valence electrons. The molecule has 2 nitrogen and oxygen atoms in total. The largest absolute Gasteiger partial charge is 0.319 e. The van der Waals surface area contributed by atoms with Crippen molar-refractivity contribution in [3.05, 3.63) is 0 Å². The normalized spacial score (nSPS) is 27.0. The SMILES string of the molecule is CCCN(C(C)C)C1CCC1CNC. The molecule has 1 N–H and O–H groups in total. The number of hydrogen-bond donors (Lipinski definition) is 1. The Morgan fingerprint density at radius 2 is 2.07 bits per heavy atom. The molecule has 0 amide bonds. The van der Waals surface area contributed by atoms with Crippen LogP contribution in [0.3, 0.4) is 0 Å². The van der Waals surface area contributed by atoms with Crippen LogP contribution in [0.2, 0.25) is 0 Å². The first-order valence-electron chi connectivity index (χ1n) is 6.11. The van der Waals surface area contributed by atoms with Crippen LogP contribution < -0.4 is 5.32 Å². The first-order valence-corrected chi connectivity index (χ1v) is 6.11. The molecule has 0 aromatic rings. The van der Waals surface area contributed by atoms with E-state index in [0.29, 0.717) is 6.04 Å². The monoisotopic (exact) mass is 198 g/mol. The van der Waals surface area contributed by atoms with Gasteiger partial charge in [-0.3, -0.25) is 4.90 Å². The lowest BCUT2D eigenvalue weighted by atomic mass is 9.78. The molecule has 0 aromatic carbocycles. The van der Waals surface area contributed by atoms with Crippen LogP contribution in [-0.4, -0.2) is 37.1 Å². The van der Waals surface area contributed by atoms with Gasteiger partial charge in [0, 0.05) is 12.1 Å². The fourth-order valence-corrected chi connectivity index (χ4v) is 2.55. The Morgan fingerprint density at radius 1 is 1.36 bits per heavy atom. The lowest BCUT2D eigenvalue weighted by Crippen LogP contribution is -2.52. The summed E-state index contributed by atoms with van der Waals surface area (Å²) < 4.78 is 0. The summed E-state index contributed by atoms with van der Waals surface area (Å²) in [5.41, 5.74) is 0. The molecule has 0 bridgehead atoms. The molecule has 1 rings (SSSR count). The van der Waals surface area contributed by atoms with Crippen LogP contribution in [0.15, 0.2) is 0 Å². The highest BCUT2D eigenvalue weighted by Crippen LogP contribution is 2.32. The molecule has 1 saturated carbocycles. The van der Waals surface area contributed by atoms with Crippen molar-refractivity contribution < 1.29 is 0 Å². The highest BCUT2D eigenvalue weighted by Gasteiger charge is 2.35. The Balaban J connectivity index is 2.43. The smallest absolute Gasteiger partial charge is 0.0138 e. The Hall–Kier alpha value is -0.0800. The third-order valence-corrected chi connectivity index (χ3v) is 3.41. The van der Waals surface area contributed by atoms with Crippen molar-refractivity contribution in [2.75, 3.05) is 20.1 Å². The molecule has 2 atom stereocenters. The van der Waals surface area contributed by atoms with Gasteiger partial charge < -0.3 is 5.32 Å². The van der Waals surface area contributed by atoms with Crippen molar-refractivity contribution in [3.8, 4) is 0 Å². The van der Waals surface area contributed by atoms with Crippen LogP contribution in [-0.2, 0) is 0 Å². The quantitative estimate of drug-likeness (QED) is 0.703. The molecule has 2 unspecified atom stereocenters. The van der Waals surface area contributed by atoms with E-state index >= 15 is 0 Å². The van der Waals surface area contributed by atoms with Crippen LogP contribution in [0.1, 0.15) is 40.0 Å². The van der Waals surface area contributed by atoms with E-state index in [4.69, 9.17) is 0 Å². The molecule has 0 spiro atoms. The van der Waals surface area contributed by atoms with Crippen molar-refractivity contribution in [1.29, 1.82) is 0 Å². The fraction of sp³-hybridized carbons (Fsp3) is 1.00. The molecule has 1 fully saturated rings. The first-order chi connectivity index (χ1) is 6.70. The van der Waals surface area contributed by atoms with Crippen molar-refractivity contribution in [1.82, 2.24) is 10.2 Å². The summed E-state index contributed by atoms with van der Waals surface area (Å²) in [4.78, 5) is 2.69. The average Bonchev–Trinajstić information content (AvgIpc) is 2.11. The molecule has 14 heavy (non-hydrogen) atoms. The standard InChI is InChI=1S/C12H26N2/c1-5-8-14(10(2)3)12-7-6-11(12)9-13-4/h10-13H,5-9H2,1-4H3. The predicted octanol–water partition coefficient (Wildman–Crippen LogP) is 2.10. The van der Waals surface area contributed by atoms with Crippen molar-refractivity contribution in [3.63, 3.8) is 0 Å². The number of nitrogens with zero attached hydrogens (tertiary/aromatic N) is 1. The highest BCUT2D eigenvalue weighted by molar-refractivity contribution is 4.90. The van der Waals surface area contributed by atoms with Gasteiger partial charge in [-0.05, 0) is 59.2 Å². The van der Waals surface area contributed by atoms with Gasteiger partial charge in [-0.15, -0.1) is 0 Å². The van der Waals surface area contributed by atoms with Gasteiger partial charge in [0.2, 0.25) is 0 Å². The molecule has 1 aliphatic carbocycles. The molecule has 1 aliphatic rings. The third-order valence-electron chi connectivity index (χ3n) is 3.41. The van der Waals surface area contributed by atoms with Gasteiger partial charge >= 0.3 is 0 Å². The molecule has 0 saturated heterocycles. The van der Waals surface area contributed by atoms with E-state index in [1.54, 1.807) is 0 Å². The van der Waals surface area contributed by atoms with E-state index in [9.17, 15) is 0 Å². The van der Waals surface area contributed by atoms with E-state index in [1.165, 1.54) is 32.4 Å². The van der Waals surface area contributed by atoms with Gasteiger partial charge in [0.1, 0.15) is 0 Å². The second-order valence-corrected chi connectivity index (χ2v) is 4.79.